The molecule has 0 spiro atoms. The second kappa shape index (κ2) is 4.65. The predicted molar refractivity (Wildman–Crippen MR) is 68.2 cm³/mol. The Morgan fingerprint density at radius 2 is 2.29 bits per heavy atom. The van der Waals surface area contributed by atoms with Crippen LogP contribution in [-0.2, 0) is 4.74 Å². The number of nitrogens with zero attached hydrogens (tertiary/aromatic N) is 1. The molecule has 1 heterocycles. The lowest BCUT2D eigenvalue weighted by atomic mass is 10.1. The molecule has 1 atom stereocenters. The van der Waals surface area contributed by atoms with Gasteiger partial charge in [0.25, 0.3) is 0 Å². The average Bonchev–Trinajstić information content (AvgIpc) is 2.74. The highest BCUT2D eigenvalue weighted by atomic mass is 16.5. The van der Waals surface area contributed by atoms with Gasteiger partial charge < -0.3 is 15.4 Å². The average molecular weight is 234 g/mol. The highest BCUT2D eigenvalue weighted by Gasteiger charge is 2.25. The molecule has 92 valence electrons. The van der Waals surface area contributed by atoms with Crippen LogP contribution in [0.2, 0.25) is 0 Å². The third-order valence-corrected chi connectivity index (χ3v) is 3.29. The Bertz CT molecular complexity index is 431. The summed E-state index contributed by atoms with van der Waals surface area (Å²) >= 11 is 0. The number of carbonyl (C=O) groups excluding carboxylic acids is 1. The quantitative estimate of drug-likeness (QED) is 0.628. The second-order valence-corrected chi connectivity index (χ2v) is 4.45. The van der Waals surface area contributed by atoms with E-state index in [1.165, 1.54) is 7.11 Å². The Morgan fingerprint density at radius 3 is 2.88 bits per heavy atom. The molecule has 4 nitrogen and oxygen atoms in total. The smallest absolute Gasteiger partial charge is 0.340 e. The van der Waals surface area contributed by atoms with Crippen molar-refractivity contribution in [1.82, 2.24) is 0 Å². The normalized spacial score (nSPS) is 19.4. The number of hydrogen-bond donors (Lipinski definition) is 1. The molecule has 1 unspecified atom stereocenters. The van der Waals surface area contributed by atoms with E-state index in [4.69, 9.17) is 10.5 Å². The lowest BCUT2D eigenvalue weighted by Crippen LogP contribution is -2.28. The number of nitrogens with two attached hydrogens (primary N) is 1. The van der Waals surface area contributed by atoms with E-state index in [2.05, 4.69) is 11.8 Å². The molecule has 1 saturated heterocycles. The molecule has 1 aliphatic heterocycles. The van der Waals surface area contributed by atoms with Crippen molar-refractivity contribution in [1.29, 1.82) is 0 Å². The minimum atomic E-state index is -0.327. The van der Waals surface area contributed by atoms with Crippen molar-refractivity contribution < 1.29 is 9.53 Å². The van der Waals surface area contributed by atoms with Crippen LogP contribution in [0.4, 0.5) is 11.4 Å². The summed E-state index contributed by atoms with van der Waals surface area (Å²) in [5.74, 6) is -0.327. The van der Waals surface area contributed by atoms with Crippen molar-refractivity contribution in [2.24, 2.45) is 0 Å². The number of hydrogen-bond acceptors (Lipinski definition) is 4. The third kappa shape index (κ3) is 2.20. The summed E-state index contributed by atoms with van der Waals surface area (Å²) in [6, 6.07) is 5.88. The maximum absolute atomic E-state index is 11.7. The molecule has 2 N–H and O–H groups in total. The van der Waals surface area contributed by atoms with Crippen molar-refractivity contribution in [3.63, 3.8) is 0 Å². The van der Waals surface area contributed by atoms with Crippen LogP contribution in [-0.4, -0.2) is 25.7 Å². The number of benzene rings is 1. The van der Waals surface area contributed by atoms with Gasteiger partial charge in [-0.25, -0.2) is 4.79 Å². The first-order valence-electron chi connectivity index (χ1n) is 5.88. The van der Waals surface area contributed by atoms with Gasteiger partial charge in [-0.15, -0.1) is 0 Å². The summed E-state index contributed by atoms with van der Waals surface area (Å²) in [5, 5.41) is 0. The Balaban J connectivity index is 2.42. The van der Waals surface area contributed by atoms with Gasteiger partial charge in [-0.1, -0.05) is 0 Å². The molecule has 1 aromatic rings. The number of nitrogen functional groups attached to an aromatic ring is 1. The number of methoxy groups -OCH3 is 1. The molecule has 17 heavy (non-hydrogen) atoms. The van der Waals surface area contributed by atoms with E-state index in [1.807, 2.05) is 12.1 Å². The molecule has 0 aliphatic carbocycles. The van der Waals surface area contributed by atoms with Crippen molar-refractivity contribution in [2.75, 3.05) is 24.3 Å². The molecule has 0 radical (unpaired) electrons. The second-order valence-electron chi connectivity index (χ2n) is 4.45. The Labute approximate surface area is 101 Å². The molecule has 0 amide bonds. The van der Waals surface area contributed by atoms with Crippen LogP contribution in [0.3, 0.4) is 0 Å². The van der Waals surface area contributed by atoms with Gasteiger partial charge in [-0.2, -0.15) is 0 Å². The first kappa shape index (κ1) is 11.8. The Morgan fingerprint density at radius 1 is 1.53 bits per heavy atom. The number of anilines is 2. The van der Waals surface area contributed by atoms with Crippen LogP contribution in [0.15, 0.2) is 18.2 Å². The lowest BCUT2D eigenvalue weighted by molar-refractivity contribution is 0.0601. The van der Waals surface area contributed by atoms with Gasteiger partial charge in [-0.3, -0.25) is 0 Å². The van der Waals surface area contributed by atoms with E-state index >= 15 is 0 Å². The predicted octanol–water partition coefficient (Wildman–Crippen LogP) is 2.04. The fourth-order valence-electron chi connectivity index (χ4n) is 2.37. The Hall–Kier alpha value is -1.71. The minimum absolute atomic E-state index is 0.327. The molecule has 1 aromatic carbocycles. The first-order chi connectivity index (χ1) is 8.13. The van der Waals surface area contributed by atoms with Gasteiger partial charge in [0.1, 0.15) is 0 Å². The summed E-state index contributed by atoms with van der Waals surface area (Å²) in [7, 11) is 1.39. The fraction of sp³-hybridized carbons (Fsp3) is 0.462. The largest absolute Gasteiger partial charge is 0.465 e. The van der Waals surface area contributed by atoms with E-state index in [0.717, 1.165) is 25.1 Å². The topological polar surface area (TPSA) is 55.6 Å². The lowest BCUT2D eigenvalue weighted by Gasteiger charge is -2.25. The van der Waals surface area contributed by atoms with Crippen LogP contribution in [0, 0.1) is 0 Å². The maximum atomic E-state index is 11.7. The summed E-state index contributed by atoms with van der Waals surface area (Å²) < 4.78 is 4.81. The molecule has 0 bridgehead atoms. The van der Waals surface area contributed by atoms with E-state index < -0.39 is 0 Å². The van der Waals surface area contributed by atoms with E-state index in [1.54, 1.807) is 6.07 Å². The van der Waals surface area contributed by atoms with Crippen LogP contribution >= 0.6 is 0 Å². The molecular formula is C13H18N2O2. The zero-order valence-corrected chi connectivity index (χ0v) is 10.3. The molecule has 0 saturated carbocycles. The molecule has 1 aliphatic rings. The van der Waals surface area contributed by atoms with Crippen LogP contribution < -0.4 is 10.6 Å². The molecule has 1 fully saturated rings. The zero-order valence-electron chi connectivity index (χ0n) is 10.3. The van der Waals surface area contributed by atoms with Gasteiger partial charge in [0.2, 0.25) is 0 Å². The summed E-state index contributed by atoms with van der Waals surface area (Å²) in [6.45, 7) is 3.15. The van der Waals surface area contributed by atoms with Gasteiger partial charge in [0.15, 0.2) is 0 Å². The van der Waals surface area contributed by atoms with Crippen molar-refractivity contribution in [3.05, 3.63) is 23.8 Å². The molecule has 2 rings (SSSR count). The highest BCUT2D eigenvalue weighted by Crippen LogP contribution is 2.30. The SMILES string of the molecule is COC(=O)c1cc(N)ccc1N1CCCC1C. The van der Waals surface area contributed by atoms with Crippen LogP contribution in [0.25, 0.3) is 0 Å². The number of carbonyl (C=O) groups is 1. The van der Waals surface area contributed by atoms with Crippen molar-refractivity contribution >= 4 is 17.3 Å². The number of ether oxygens (including phenoxy) is 1. The van der Waals surface area contributed by atoms with E-state index in [-0.39, 0.29) is 5.97 Å². The van der Waals surface area contributed by atoms with E-state index in [9.17, 15) is 4.79 Å². The van der Waals surface area contributed by atoms with Gasteiger partial charge in [0, 0.05) is 18.3 Å². The van der Waals surface area contributed by atoms with Gasteiger partial charge >= 0.3 is 5.97 Å². The van der Waals surface area contributed by atoms with Gasteiger partial charge in [0.05, 0.1) is 18.4 Å². The Kier molecular flexibility index (Phi) is 3.22. The standard InChI is InChI=1S/C13H18N2O2/c1-9-4-3-7-15(9)12-6-5-10(14)8-11(12)13(16)17-2/h5-6,8-9H,3-4,7,14H2,1-2H3. The summed E-state index contributed by atoms with van der Waals surface area (Å²) in [6.07, 6.45) is 2.32. The first-order valence-corrected chi connectivity index (χ1v) is 5.88. The zero-order chi connectivity index (χ0) is 12.4. The molecular weight excluding hydrogens is 216 g/mol. The summed E-state index contributed by atoms with van der Waals surface area (Å²) in [5.41, 5.74) is 7.79. The molecule has 4 heteroatoms. The highest BCUT2D eigenvalue weighted by molar-refractivity contribution is 5.97. The van der Waals surface area contributed by atoms with Crippen molar-refractivity contribution in [2.45, 2.75) is 25.8 Å². The van der Waals surface area contributed by atoms with Crippen LogP contribution in [0.5, 0.6) is 0 Å². The minimum Gasteiger partial charge on any atom is -0.465 e. The monoisotopic (exact) mass is 234 g/mol. The third-order valence-electron chi connectivity index (χ3n) is 3.29. The number of rotatable bonds is 2. The van der Waals surface area contributed by atoms with Gasteiger partial charge in [-0.05, 0) is 38.0 Å². The maximum Gasteiger partial charge on any atom is 0.340 e. The summed E-state index contributed by atoms with van der Waals surface area (Å²) in [4.78, 5) is 14.0. The van der Waals surface area contributed by atoms with Crippen LogP contribution in [0.1, 0.15) is 30.1 Å². The van der Waals surface area contributed by atoms with Crippen molar-refractivity contribution in [3.8, 4) is 0 Å². The fourth-order valence-corrected chi connectivity index (χ4v) is 2.37. The molecule has 0 aromatic heterocycles. The van der Waals surface area contributed by atoms with E-state index in [0.29, 0.717) is 17.3 Å². The number of esters is 1.